The second-order valence-electron chi connectivity index (χ2n) is 8.47. The Hall–Kier alpha value is -2.10. The number of hydrogen-bond acceptors (Lipinski definition) is 3. The number of carbonyl (C=O) groups is 1. The smallest absolute Gasteiger partial charge is 0.225 e. The number of hydrogen-bond donors (Lipinski definition) is 2. The van der Waals surface area contributed by atoms with E-state index in [1.165, 1.54) is 6.42 Å². The number of anilines is 1. The van der Waals surface area contributed by atoms with Gasteiger partial charge in [-0.05, 0) is 68.2 Å². The quantitative estimate of drug-likeness (QED) is 0.874. The lowest BCUT2D eigenvalue weighted by Gasteiger charge is -2.44. The standard InChI is InChI=1S/C22H29N3O/c1-13-8-17-10-18(22(26)25-21(17)9-14(13)2)12-23-19-6-7-20-16(11-19)5-4-15(3)24-20/h4-7,11,13-14,17-18,21,23H,8-10,12H2,1-3H3,(H,25,26). The molecule has 1 aliphatic heterocycles. The van der Waals surface area contributed by atoms with Crippen LogP contribution in [0.3, 0.4) is 0 Å². The maximum absolute atomic E-state index is 12.5. The SMILES string of the molecule is Cc1ccc2cc(NCC3CC4CC(C)C(C)CC4NC3=O)ccc2n1. The van der Waals surface area contributed by atoms with Gasteiger partial charge in [-0.3, -0.25) is 9.78 Å². The van der Waals surface area contributed by atoms with E-state index < -0.39 is 0 Å². The van der Waals surface area contributed by atoms with E-state index in [9.17, 15) is 4.79 Å². The Morgan fingerprint density at radius 3 is 2.77 bits per heavy atom. The van der Waals surface area contributed by atoms with Crippen LogP contribution in [0.2, 0.25) is 0 Å². The van der Waals surface area contributed by atoms with E-state index in [4.69, 9.17) is 0 Å². The third-order valence-corrected chi connectivity index (χ3v) is 6.51. The summed E-state index contributed by atoms with van der Waals surface area (Å²) in [6.07, 6.45) is 3.38. The van der Waals surface area contributed by atoms with E-state index in [1.54, 1.807) is 0 Å². The van der Waals surface area contributed by atoms with Crippen LogP contribution >= 0.6 is 0 Å². The zero-order valence-electron chi connectivity index (χ0n) is 16.0. The van der Waals surface area contributed by atoms with Crippen molar-refractivity contribution in [2.24, 2.45) is 23.7 Å². The van der Waals surface area contributed by atoms with Crippen LogP contribution in [0.15, 0.2) is 30.3 Å². The molecule has 4 rings (SSSR count). The summed E-state index contributed by atoms with van der Waals surface area (Å²) in [6.45, 7) is 7.38. The van der Waals surface area contributed by atoms with Crippen molar-refractivity contribution in [2.45, 2.75) is 46.1 Å². The van der Waals surface area contributed by atoms with Crippen LogP contribution in [0.25, 0.3) is 10.9 Å². The van der Waals surface area contributed by atoms with Gasteiger partial charge in [0, 0.05) is 29.4 Å². The number of benzene rings is 1. The number of fused-ring (bicyclic) bond motifs is 2. The molecule has 1 aliphatic carbocycles. The Bertz CT molecular complexity index is 818. The summed E-state index contributed by atoms with van der Waals surface area (Å²) in [4.78, 5) is 17.1. The van der Waals surface area contributed by atoms with Crippen molar-refractivity contribution in [2.75, 3.05) is 11.9 Å². The molecule has 2 N–H and O–H groups in total. The summed E-state index contributed by atoms with van der Waals surface area (Å²) < 4.78 is 0. The molecule has 138 valence electrons. The highest BCUT2D eigenvalue weighted by Crippen LogP contribution is 2.39. The van der Waals surface area contributed by atoms with Gasteiger partial charge >= 0.3 is 0 Å². The molecule has 5 unspecified atom stereocenters. The van der Waals surface area contributed by atoms with Crippen LogP contribution in [0.1, 0.15) is 38.8 Å². The van der Waals surface area contributed by atoms with E-state index in [0.29, 0.717) is 24.4 Å². The highest BCUT2D eigenvalue weighted by molar-refractivity contribution is 5.83. The van der Waals surface area contributed by atoms with Gasteiger partial charge in [-0.25, -0.2) is 0 Å². The molecule has 4 nitrogen and oxygen atoms in total. The van der Waals surface area contributed by atoms with Gasteiger partial charge in [0.2, 0.25) is 5.91 Å². The molecular formula is C22H29N3O. The van der Waals surface area contributed by atoms with Crippen LogP contribution < -0.4 is 10.6 Å². The molecule has 1 amide bonds. The van der Waals surface area contributed by atoms with Crippen LogP contribution in [0.5, 0.6) is 0 Å². The number of piperidine rings is 1. The van der Waals surface area contributed by atoms with Crippen LogP contribution in [-0.4, -0.2) is 23.5 Å². The molecule has 4 heteroatoms. The van der Waals surface area contributed by atoms with Crippen LogP contribution in [0, 0.1) is 30.6 Å². The van der Waals surface area contributed by atoms with Crippen molar-refractivity contribution in [1.29, 1.82) is 0 Å². The van der Waals surface area contributed by atoms with Gasteiger partial charge < -0.3 is 10.6 Å². The molecule has 1 aromatic carbocycles. The van der Waals surface area contributed by atoms with E-state index in [0.717, 1.165) is 41.0 Å². The molecule has 2 aromatic rings. The van der Waals surface area contributed by atoms with Gasteiger partial charge in [0.05, 0.1) is 11.4 Å². The number of nitrogens with one attached hydrogen (secondary N) is 2. The lowest BCUT2D eigenvalue weighted by atomic mass is 9.68. The van der Waals surface area contributed by atoms with E-state index >= 15 is 0 Å². The summed E-state index contributed by atoms with van der Waals surface area (Å²) in [5.41, 5.74) is 3.10. The molecule has 2 fully saturated rings. The van der Waals surface area contributed by atoms with Gasteiger partial charge in [0.1, 0.15) is 0 Å². The lowest BCUT2D eigenvalue weighted by molar-refractivity contribution is -0.130. The summed E-state index contributed by atoms with van der Waals surface area (Å²) in [6, 6.07) is 10.8. The normalized spacial score (nSPS) is 31.3. The summed E-state index contributed by atoms with van der Waals surface area (Å²) in [5.74, 6) is 2.38. The van der Waals surface area contributed by atoms with Gasteiger partial charge in [-0.15, -0.1) is 0 Å². The summed E-state index contributed by atoms with van der Waals surface area (Å²) >= 11 is 0. The topological polar surface area (TPSA) is 54.0 Å². The monoisotopic (exact) mass is 351 g/mol. The number of amides is 1. The van der Waals surface area contributed by atoms with Crippen molar-refractivity contribution in [3.8, 4) is 0 Å². The Morgan fingerprint density at radius 1 is 1.12 bits per heavy atom. The maximum Gasteiger partial charge on any atom is 0.225 e. The lowest BCUT2D eigenvalue weighted by Crippen LogP contribution is -2.54. The molecule has 1 aromatic heterocycles. The van der Waals surface area contributed by atoms with Gasteiger partial charge in [0.15, 0.2) is 0 Å². The first-order chi connectivity index (χ1) is 12.5. The number of nitrogens with zero attached hydrogens (tertiary/aromatic N) is 1. The zero-order valence-corrected chi connectivity index (χ0v) is 16.0. The van der Waals surface area contributed by atoms with Crippen LogP contribution in [0.4, 0.5) is 5.69 Å². The molecule has 0 radical (unpaired) electrons. The first kappa shape index (κ1) is 17.3. The third-order valence-electron chi connectivity index (χ3n) is 6.51. The fourth-order valence-electron chi connectivity index (χ4n) is 4.66. The van der Waals surface area contributed by atoms with Gasteiger partial charge in [-0.2, -0.15) is 0 Å². The molecule has 0 bridgehead atoms. The maximum atomic E-state index is 12.5. The molecule has 2 aliphatic rings. The Morgan fingerprint density at radius 2 is 1.92 bits per heavy atom. The molecule has 1 saturated carbocycles. The number of pyridine rings is 1. The molecule has 0 spiro atoms. The first-order valence-electron chi connectivity index (χ1n) is 9.91. The second-order valence-corrected chi connectivity index (χ2v) is 8.47. The third kappa shape index (κ3) is 3.42. The molecule has 2 heterocycles. The van der Waals surface area contributed by atoms with Crippen molar-refractivity contribution in [3.05, 3.63) is 36.0 Å². The minimum absolute atomic E-state index is 0.0590. The Kier molecular flexibility index (Phi) is 4.60. The van der Waals surface area contributed by atoms with Gasteiger partial charge in [-0.1, -0.05) is 19.9 Å². The van der Waals surface area contributed by atoms with Crippen molar-refractivity contribution >= 4 is 22.5 Å². The fraction of sp³-hybridized carbons (Fsp3) is 0.545. The van der Waals surface area contributed by atoms with Gasteiger partial charge in [0.25, 0.3) is 0 Å². The zero-order chi connectivity index (χ0) is 18.3. The molecular weight excluding hydrogens is 322 g/mol. The largest absolute Gasteiger partial charge is 0.384 e. The highest BCUT2D eigenvalue weighted by Gasteiger charge is 2.40. The summed E-state index contributed by atoms with van der Waals surface area (Å²) in [5, 5.41) is 7.91. The van der Waals surface area contributed by atoms with Crippen LogP contribution in [-0.2, 0) is 4.79 Å². The van der Waals surface area contributed by atoms with E-state index in [2.05, 4.69) is 47.7 Å². The minimum Gasteiger partial charge on any atom is -0.384 e. The predicted molar refractivity (Wildman–Crippen MR) is 106 cm³/mol. The highest BCUT2D eigenvalue weighted by atomic mass is 16.2. The number of carbonyl (C=O) groups excluding carboxylic acids is 1. The number of aryl methyl sites for hydroxylation is 1. The van der Waals surface area contributed by atoms with E-state index in [1.807, 2.05) is 19.1 Å². The van der Waals surface area contributed by atoms with Crippen molar-refractivity contribution < 1.29 is 4.79 Å². The predicted octanol–water partition coefficient (Wildman–Crippen LogP) is 4.14. The Labute approximate surface area is 155 Å². The fourth-order valence-corrected chi connectivity index (χ4v) is 4.66. The van der Waals surface area contributed by atoms with Crippen molar-refractivity contribution in [1.82, 2.24) is 10.3 Å². The second kappa shape index (κ2) is 6.90. The molecule has 1 saturated heterocycles. The average Bonchev–Trinajstić information content (AvgIpc) is 2.61. The molecule has 5 atom stereocenters. The Balaban J connectivity index is 1.41. The average molecular weight is 351 g/mol. The first-order valence-corrected chi connectivity index (χ1v) is 9.91. The molecule has 26 heavy (non-hydrogen) atoms. The van der Waals surface area contributed by atoms with Crippen molar-refractivity contribution in [3.63, 3.8) is 0 Å². The number of aromatic nitrogens is 1. The summed E-state index contributed by atoms with van der Waals surface area (Å²) in [7, 11) is 0. The van der Waals surface area contributed by atoms with E-state index in [-0.39, 0.29) is 11.8 Å². The minimum atomic E-state index is 0.0590. The number of rotatable bonds is 3.